The van der Waals surface area contributed by atoms with Crippen molar-refractivity contribution in [1.29, 1.82) is 0 Å². The minimum atomic E-state index is -1.54. The maximum Gasteiger partial charge on any atom is 0.239 e. The number of alkyl halides is 2. The number of ether oxygens (including phenoxy) is 2. The van der Waals surface area contributed by atoms with Crippen molar-refractivity contribution in [3.05, 3.63) is 23.9 Å². The molecular weight excluding hydrogens is 362 g/mol. The van der Waals surface area contributed by atoms with E-state index in [2.05, 4.69) is 16.9 Å². The van der Waals surface area contributed by atoms with Gasteiger partial charge in [0, 0.05) is 12.0 Å². The van der Waals surface area contributed by atoms with Gasteiger partial charge < -0.3 is 9.47 Å². The van der Waals surface area contributed by atoms with Gasteiger partial charge in [-0.25, -0.2) is 14.4 Å². The molecule has 1 aromatic heterocycles. The number of methoxy groups -OCH3 is 2. The number of nitrogens with zero attached hydrogens (tertiary/aromatic N) is 2. The molecule has 1 saturated carbocycles. The fourth-order valence-corrected chi connectivity index (χ4v) is 4.31. The molecule has 3 rings (SSSR count). The van der Waals surface area contributed by atoms with Crippen LogP contribution in [0, 0.1) is 17.8 Å². The molecule has 2 aromatic rings. The molecule has 0 spiro atoms. The molecule has 6 heteroatoms. The summed E-state index contributed by atoms with van der Waals surface area (Å²) in [5, 5.41) is 0. The van der Waals surface area contributed by atoms with Crippen LogP contribution >= 0.6 is 0 Å². The van der Waals surface area contributed by atoms with Crippen LogP contribution < -0.4 is 9.47 Å². The summed E-state index contributed by atoms with van der Waals surface area (Å²) in [5.74, 6) is 1.44. The van der Waals surface area contributed by atoms with Gasteiger partial charge in [0.25, 0.3) is 0 Å². The van der Waals surface area contributed by atoms with Crippen molar-refractivity contribution in [3.8, 4) is 11.6 Å². The number of aromatic nitrogens is 2. The van der Waals surface area contributed by atoms with Crippen LogP contribution in [0.1, 0.15) is 57.3 Å². The lowest BCUT2D eigenvalue weighted by atomic mass is 9.89. The monoisotopic (exact) mass is 392 g/mol. The number of hydrogen-bond acceptors (Lipinski definition) is 4. The molecule has 4 atom stereocenters. The van der Waals surface area contributed by atoms with Gasteiger partial charge in [0.05, 0.1) is 31.9 Å². The van der Waals surface area contributed by atoms with Gasteiger partial charge >= 0.3 is 0 Å². The van der Waals surface area contributed by atoms with Crippen molar-refractivity contribution in [2.45, 2.75) is 51.6 Å². The predicted octanol–water partition coefficient (Wildman–Crippen LogP) is 5.85. The number of hydrogen-bond donors (Lipinski definition) is 0. The Morgan fingerprint density at radius 1 is 1.14 bits per heavy atom. The van der Waals surface area contributed by atoms with Gasteiger partial charge in [-0.1, -0.05) is 39.0 Å². The topological polar surface area (TPSA) is 44.2 Å². The molecule has 1 aromatic carbocycles. The van der Waals surface area contributed by atoms with E-state index in [-0.39, 0.29) is 11.6 Å². The van der Waals surface area contributed by atoms with E-state index in [1.54, 1.807) is 25.3 Å². The highest BCUT2D eigenvalue weighted by molar-refractivity contribution is 5.76. The Morgan fingerprint density at radius 2 is 1.96 bits per heavy atom. The summed E-state index contributed by atoms with van der Waals surface area (Å²) in [6.07, 6.45) is 4.64. The molecule has 1 aliphatic rings. The quantitative estimate of drug-likeness (QED) is 0.537. The van der Waals surface area contributed by atoms with E-state index in [1.807, 2.05) is 0 Å². The first kappa shape index (κ1) is 20.7. The summed E-state index contributed by atoms with van der Waals surface area (Å²) in [7, 11) is 2.99. The second kappa shape index (κ2) is 9.48. The Balaban J connectivity index is 1.74. The highest BCUT2D eigenvalue weighted by Crippen LogP contribution is 2.38. The van der Waals surface area contributed by atoms with Gasteiger partial charge in [-0.05, 0) is 30.4 Å². The van der Waals surface area contributed by atoms with Crippen molar-refractivity contribution in [1.82, 2.24) is 9.97 Å². The first-order valence-electron chi connectivity index (χ1n) is 10.2. The Bertz CT molecular complexity index is 786. The molecule has 1 heterocycles. The summed E-state index contributed by atoms with van der Waals surface area (Å²) in [6.45, 7) is 1.57. The smallest absolute Gasteiger partial charge is 0.239 e. The SMILES string of the molecule is COc1ccc2nc(C(F)C(CF)CCC[C@@H]3CCCC3C)c(OC)nc2c1. The van der Waals surface area contributed by atoms with Crippen LogP contribution in [0.2, 0.25) is 0 Å². The zero-order valence-corrected chi connectivity index (χ0v) is 17.0. The Labute approximate surface area is 165 Å². The number of benzene rings is 1. The minimum Gasteiger partial charge on any atom is -0.497 e. The second-order valence-corrected chi connectivity index (χ2v) is 7.89. The molecular formula is C22H30F2N2O2. The molecule has 3 unspecified atom stereocenters. The third kappa shape index (κ3) is 4.53. The van der Waals surface area contributed by atoms with Crippen molar-refractivity contribution in [2.75, 3.05) is 20.9 Å². The predicted molar refractivity (Wildman–Crippen MR) is 106 cm³/mol. The van der Waals surface area contributed by atoms with Crippen molar-refractivity contribution >= 4 is 11.0 Å². The van der Waals surface area contributed by atoms with E-state index in [0.717, 1.165) is 18.8 Å². The summed E-state index contributed by atoms with van der Waals surface area (Å²) >= 11 is 0. The van der Waals surface area contributed by atoms with E-state index in [9.17, 15) is 4.39 Å². The van der Waals surface area contributed by atoms with E-state index in [1.165, 1.54) is 26.4 Å². The first-order chi connectivity index (χ1) is 13.6. The lowest BCUT2D eigenvalue weighted by Crippen LogP contribution is -2.15. The highest BCUT2D eigenvalue weighted by Gasteiger charge is 2.29. The van der Waals surface area contributed by atoms with E-state index < -0.39 is 18.8 Å². The van der Waals surface area contributed by atoms with Crippen LogP contribution in [-0.4, -0.2) is 30.9 Å². The van der Waals surface area contributed by atoms with E-state index in [0.29, 0.717) is 29.1 Å². The van der Waals surface area contributed by atoms with Gasteiger partial charge in [0.15, 0.2) is 6.17 Å². The minimum absolute atomic E-state index is 0.0806. The first-order valence-corrected chi connectivity index (χ1v) is 10.2. The van der Waals surface area contributed by atoms with E-state index in [4.69, 9.17) is 9.47 Å². The fourth-order valence-electron chi connectivity index (χ4n) is 4.31. The molecule has 0 N–H and O–H groups in total. The summed E-state index contributed by atoms with van der Waals surface area (Å²) in [5.41, 5.74) is 1.17. The van der Waals surface area contributed by atoms with Gasteiger partial charge in [-0.3, -0.25) is 4.39 Å². The van der Waals surface area contributed by atoms with Crippen LogP contribution in [0.25, 0.3) is 11.0 Å². The zero-order valence-electron chi connectivity index (χ0n) is 17.0. The molecule has 28 heavy (non-hydrogen) atoms. The number of halogens is 2. The summed E-state index contributed by atoms with van der Waals surface area (Å²) in [4.78, 5) is 8.77. The normalized spacial score (nSPS) is 21.6. The van der Waals surface area contributed by atoms with Crippen LogP contribution in [0.3, 0.4) is 0 Å². The molecule has 154 valence electrons. The Hall–Kier alpha value is -1.98. The largest absolute Gasteiger partial charge is 0.497 e. The van der Waals surface area contributed by atoms with Crippen molar-refractivity contribution in [3.63, 3.8) is 0 Å². The summed E-state index contributed by atoms with van der Waals surface area (Å²) < 4.78 is 39.4. The summed E-state index contributed by atoms with van der Waals surface area (Å²) in [6, 6.07) is 5.19. The average molecular weight is 392 g/mol. The van der Waals surface area contributed by atoms with Gasteiger partial charge in [0.2, 0.25) is 5.88 Å². The number of fused-ring (bicyclic) bond motifs is 1. The lowest BCUT2D eigenvalue weighted by Gasteiger charge is -2.21. The van der Waals surface area contributed by atoms with E-state index >= 15 is 4.39 Å². The van der Waals surface area contributed by atoms with Crippen LogP contribution in [0.5, 0.6) is 11.6 Å². The van der Waals surface area contributed by atoms with Crippen molar-refractivity contribution in [2.24, 2.45) is 17.8 Å². The molecule has 0 radical (unpaired) electrons. The standard InChI is InChI=1S/C22H30F2N2O2/c1-14-6-4-7-15(14)8-5-9-16(13-23)20(24)21-22(28-3)26-19-12-17(27-2)10-11-18(19)25-21/h10-12,14-16,20H,4-9,13H2,1-3H3/t14?,15-,16?,20?/m0/s1. The number of rotatable bonds is 9. The maximum atomic E-state index is 15.3. The molecule has 0 aliphatic heterocycles. The second-order valence-electron chi connectivity index (χ2n) is 7.89. The maximum absolute atomic E-state index is 15.3. The van der Waals surface area contributed by atoms with Gasteiger partial charge in [-0.15, -0.1) is 0 Å². The third-order valence-corrected chi connectivity index (χ3v) is 6.12. The van der Waals surface area contributed by atoms with Gasteiger partial charge in [0.1, 0.15) is 11.4 Å². The highest BCUT2D eigenvalue weighted by atomic mass is 19.1. The van der Waals surface area contributed by atoms with Crippen molar-refractivity contribution < 1.29 is 18.3 Å². The molecule has 4 nitrogen and oxygen atoms in total. The zero-order chi connectivity index (χ0) is 20.1. The van der Waals surface area contributed by atoms with Crippen LogP contribution in [0.4, 0.5) is 8.78 Å². The molecule has 0 bridgehead atoms. The average Bonchev–Trinajstić information content (AvgIpc) is 3.13. The van der Waals surface area contributed by atoms with Crippen LogP contribution in [-0.2, 0) is 0 Å². The lowest BCUT2D eigenvalue weighted by molar-refractivity contribution is 0.167. The van der Waals surface area contributed by atoms with Gasteiger partial charge in [-0.2, -0.15) is 0 Å². The fraction of sp³-hybridized carbons (Fsp3) is 0.636. The Morgan fingerprint density at radius 3 is 2.61 bits per heavy atom. The van der Waals surface area contributed by atoms with Crippen LogP contribution in [0.15, 0.2) is 18.2 Å². The Kier molecular flexibility index (Phi) is 7.03. The molecule has 0 saturated heterocycles. The molecule has 0 amide bonds. The molecule has 1 fully saturated rings. The third-order valence-electron chi connectivity index (χ3n) is 6.12. The molecule has 1 aliphatic carbocycles.